The van der Waals surface area contributed by atoms with Gasteiger partial charge in [0.15, 0.2) is 0 Å². The van der Waals surface area contributed by atoms with Crippen LogP contribution in [-0.2, 0) is 9.84 Å². The molecule has 0 aromatic heterocycles. The molecule has 4 heteroatoms. The summed E-state index contributed by atoms with van der Waals surface area (Å²) in [5, 5.41) is 3.20. The molecule has 0 heterocycles. The van der Waals surface area contributed by atoms with Crippen molar-refractivity contribution < 1.29 is 8.42 Å². The molecule has 0 aromatic carbocycles. The smallest absolute Gasteiger partial charge is 0.150 e. The van der Waals surface area contributed by atoms with Gasteiger partial charge in [-0.15, -0.1) is 0 Å². The Morgan fingerprint density at radius 1 is 1.06 bits per heavy atom. The lowest BCUT2D eigenvalue weighted by molar-refractivity contribution is 0.500. The van der Waals surface area contributed by atoms with Crippen LogP contribution in [0.2, 0.25) is 0 Å². The van der Waals surface area contributed by atoms with Crippen molar-refractivity contribution >= 4 is 9.84 Å². The molecule has 0 saturated heterocycles. The lowest BCUT2D eigenvalue weighted by Gasteiger charge is -2.13. The van der Waals surface area contributed by atoms with Crippen molar-refractivity contribution in [2.24, 2.45) is 0 Å². The number of unbranched alkanes of at least 4 members (excludes halogenated alkanes) is 2. The van der Waals surface area contributed by atoms with E-state index in [-0.39, 0.29) is 0 Å². The van der Waals surface area contributed by atoms with Crippen molar-refractivity contribution in [2.75, 3.05) is 18.6 Å². The Balaban J connectivity index is 3.73. The minimum absolute atomic E-state index is 0.356. The zero-order valence-electron chi connectivity index (χ0n) is 11.0. The van der Waals surface area contributed by atoms with E-state index in [9.17, 15) is 8.42 Å². The first-order valence-electron chi connectivity index (χ1n) is 6.43. The van der Waals surface area contributed by atoms with E-state index < -0.39 is 9.84 Å². The van der Waals surface area contributed by atoms with Crippen molar-refractivity contribution in [2.45, 2.75) is 58.4 Å². The lowest BCUT2D eigenvalue weighted by atomic mass is 10.1. The number of hydrogen-bond donors (Lipinski definition) is 1. The van der Waals surface area contributed by atoms with Crippen LogP contribution < -0.4 is 5.32 Å². The summed E-state index contributed by atoms with van der Waals surface area (Å²) >= 11 is 0. The van der Waals surface area contributed by atoms with Gasteiger partial charge in [0, 0.05) is 6.04 Å². The van der Waals surface area contributed by atoms with E-state index in [2.05, 4.69) is 19.2 Å². The number of hydrogen-bond acceptors (Lipinski definition) is 3. The quantitative estimate of drug-likeness (QED) is 0.605. The minimum Gasteiger partial charge on any atom is -0.317 e. The molecule has 1 unspecified atom stereocenters. The van der Waals surface area contributed by atoms with Crippen LogP contribution in [0.5, 0.6) is 0 Å². The van der Waals surface area contributed by atoms with Crippen molar-refractivity contribution in [1.29, 1.82) is 0 Å². The van der Waals surface area contributed by atoms with E-state index >= 15 is 0 Å². The lowest BCUT2D eigenvalue weighted by Crippen LogP contribution is -2.25. The van der Waals surface area contributed by atoms with Crippen LogP contribution in [0.25, 0.3) is 0 Å². The molecule has 0 aliphatic rings. The van der Waals surface area contributed by atoms with Gasteiger partial charge >= 0.3 is 0 Å². The highest BCUT2D eigenvalue weighted by atomic mass is 32.2. The van der Waals surface area contributed by atoms with Gasteiger partial charge in [-0.3, -0.25) is 0 Å². The third-order valence-corrected chi connectivity index (χ3v) is 4.79. The summed E-state index contributed by atoms with van der Waals surface area (Å²) in [6.07, 6.45) is 5.72. The average Bonchev–Trinajstić information content (AvgIpc) is 2.24. The molecule has 0 spiro atoms. The molecular weight excluding hydrogens is 222 g/mol. The van der Waals surface area contributed by atoms with Crippen molar-refractivity contribution in [3.63, 3.8) is 0 Å². The predicted molar refractivity (Wildman–Crippen MR) is 70.6 cm³/mol. The zero-order chi connectivity index (χ0) is 12.4. The van der Waals surface area contributed by atoms with Gasteiger partial charge in [-0.1, -0.05) is 26.7 Å². The molecule has 0 aliphatic heterocycles. The fourth-order valence-electron chi connectivity index (χ4n) is 1.78. The first-order chi connectivity index (χ1) is 7.55. The van der Waals surface area contributed by atoms with E-state index in [1.807, 2.05) is 7.05 Å². The van der Waals surface area contributed by atoms with Crippen LogP contribution in [-0.4, -0.2) is 33.0 Å². The van der Waals surface area contributed by atoms with E-state index in [1.54, 1.807) is 0 Å². The fraction of sp³-hybridized carbons (Fsp3) is 1.00. The van der Waals surface area contributed by atoms with Gasteiger partial charge in [-0.05, 0) is 32.7 Å². The second-order valence-electron chi connectivity index (χ2n) is 4.40. The van der Waals surface area contributed by atoms with Crippen LogP contribution in [0, 0.1) is 0 Å². The Kier molecular flexibility index (Phi) is 8.94. The summed E-state index contributed by atoms with van der Waals surface area (Å²) in [7, 11) is -0.859. The van der Waals surface area contributed by atoms with Gasteiger partial charge in [0.25, 0.3) is 0 Å². The molecule has 0 aliphatic carbocycles. The highest BCUT2D eigenvalue weighted by molar-refractivity contribution is 7.91. The molecule has 0 bridgehead atoms. The van der Waals surface area contributed by atoms with Crippen LogP contribution in [0.1, 0.15) is 52.4 Å². The van der Waals surface area contributed by atoms with Gasteiger partial charge in [-0.2, -0.15) is 0 Å². The molecule has 16 heavy (non-hydrogen) atoms. The van der Waals surface area contributed by atoms with E-state index in [4.69, 9.17) is 0 Å². The Morgan fingerprint density at radius 2 is 1.69 bits per heavy atom. The fourth-order valence-corrected chi connectivity index (χ4v) is 3.23. The standard InChI is InChI=1S/C12H27NO2S/c1-4-6-7-10-16(14,15)11-8-9-12(5-2)13-3/h12-13H,4-11H2,1-3H3. The average molecular weight is 249 g/mol. The van der Waals surface area contributed by atoms with Gasteiger partial charge in [0.05, 0.1) is 11.5 Å². The molecule has 0 amide bonds. The molecule has 0 fully saturated rings. The maximum atomic E-state index is 11.6. The van der Waals surface area contributed by atoms with Crippen LogP contribution in [0.3, 0.4) is 0 Å². The number of sulfone groups is 1. The number of rotatable bonds is 10. The molecule has 1 atom stereocenters. The second kappa shape index (κ2) is 8.99. The van der Waals surface area contributed by atoms with Crippen molar-refractivity contribution in [3.8, 4) is 0 Å². The summed E-state index contributed by atoms with van der Waals surface area (Å²) in [5.41, 5.74) is 0. The third kappa shape index (κ3) is 8.11. The molecule has 1 N–H and O–H groups in total. The van der Waals surface area contributed by atoms with E-state index in [0.717, 1.165) is 38.5 Å². The van der Waals surface area contributed by atoms with Gasteiger partial charge < -0.3 is 5.32 Å². The molecule has 0 radical (unpaired) electrons. The molecule has 98 valence electrons. The van der Waals surface area contributed by atoms with Gasteiger partial charge in [0.2, 0.25) is 0 Å². The third-order valence-electron chi connectivity index (χ3n) is 2.97. The summed E-state index contributed by atoms with van der Waals surface area (Å²) in [4.78, 5) is 0. The summed E-state index contributed by atoms with van der Waals surface area (Å²) in [6.45, 7) is 4.21. The largest absolute Gasteiger partial charge is 0.317 e. The molecule has 0 saturated carbocycles. The monoisotopic (exact) mass is 249 g/mol. The van der Waals surface area contributed by atoms with Crippen LogP contribution in [0.4, 0.5) is 0 Å². The highest BCUT2D eigenvalue weighted by Gasteiger charge is 2.11. The normalized spacial score (nSPS) is 13.9. The van der Waals surface area contributed by atoms with Crippen LogP contribution >= 0.6 is 0 Å². The first-order valence-corrected chi connectivity index (χ1v) is 8.25. The molecule has 3 nitrogen and oxygen atoms in total. The molecule has 0 aromatic rings. The summed E-state index contributed by atoms with van der Waals surface area (Å²) in [5.74, 6) is 0.728. The summed E-state index contributed by atoms with van der Waals surface area (Å²) in [6, 6.07) is 0.464. The Bertz CT molecular complexity index is 246. The minimum atomic E-state index is -2.79. The molecule has 0 rings (SSSR count). The first kappa shape index (κ1) is 15.9. The molecular formula is C12H27NO2S. The Hall–Kier alpha value is -0.0900. The highest BCUT2D eigenvalue weighted by Crippen LogP contribution is 2.06. The number of nitrogens with one attached hydrogen (secondary N) is 1. The maximum Gasteiger partial charge on any atom is 0.150 e. The zero-order valence-corrected chi connectivity index (χ0v) is 11.8. The van der Waals surface area contributed by atoms with Crippen molar-refractivity contribution in [3.05, 3.63) is 0 Å². The summed E-state index contributed by atoms with van der Waals surface area (Å²) < 4.78 is 23.3. The topological polar surface area (TPSA) is 46.2 Å². The van der Waals surface area contributed by atoms with E-state index in [1.165, 1.54) is 0 Å². The SMILES string of the molecule is CCCCCS(=O)(=O)CCCC(CC)NC. The Morgan fingerprint density at radius 3 is 2.19 bits per heavy atom. The van der Waals surface area contributed by atoms with Gasteiger partial charge in [-0.25, -0.2) is 8.42 Å². The van der Waals surface area contributed by atoms with Crippen molar-refractivity contribution in [1.82, 2.24) is 5.32 Å². The van der Waals surface area contributed by atoms with E-state index in [0.29, 0.717) is 17.5 Å². The van der Waals surface area contributed by atoms with Gasteiger partial charge in [0.1, 0.15) is 9.84 Å². The van der Waals surface area contributed by atoms with Crippen LogP contribution in [0.15, 0.2) is 0 Å². The Labute approximate surface area is 101 Å². The second-order valence-corrected chi connectivity index (χ2v) is 6.70. The maximum absolute atomic E-state index is 11.6. The predicted octanol–water partition coefficient (Wildman–Crippen LogP) is 2.37.